The van der Waals surface area contributed by atoms with Gasteiger partial charge in [-0.05, 0) is 40.2 Å². The van der Waals surface area contributed by atoms with E-state index in [0.29, 0.717) is 17.3 Å². The van der Waals surface area contributed by atoms with Gasteiger partial charge in [0.25, 0.3) is 10.0 Å². The Morgan fingerprint density at radius 3 is 2.42 bits per heavy atom. The van der Waals surface area contributed by atoms with E-state index < -0.39 is 21.4 Å². The zero-order chi connectivity index (χ0) is 14.7. The molecule has 0 aliphatic carbocycles. The lowest BCUT2D eigenvalue weighted by atomic mass is 9.83. The number of rotatable bonds is 7. The molecule has 1 aromatic heterocycles. The molecule has 0 saturated heterocycles. The van der Waals surface area contributed by atoms with E-state index in [0.717, 1.165) is 11.3 Å². The molecule has 2 N–H and O–H groups in total. The minimum absolute atomic E-state index is 0.109. The molecule has 0 spiro atoms. The summed E-state index contributed by atoms with van der Waals surface area (Å²) >= 11 is 4.25. The van der Waals surface area contributed by atoms with E-state index in [1.54, 1.807) is 25.3 Å². The number of hydrogen-bond acceptors (Lipinski definition) is 4. The summed E-state index contributed by atoms with van der Waals surface area (Å²) in [6.07, 6.45) is 0.736. The Kier molecular flexibility index (Phi) is 5.54. The van der Waals surface area contributed by atoms with Crippen LogP contribution < -0.4 is 4.72 Å². The van der Waals surface area contributed by atoms with Crippen LogP contribution >= 0.6 is 27.3 Å². The summed E-state index contributed by atoms with van der Waals surface area (Å²) in [5.41, 5.74) is -1.06. The van der Waals surface area contributed by atoms with Crippen molar-refractivity contribution in [2.75, 3.05) is 6.54 Å². The fourth-order valence-corrected chi connectivity index (χ4v) is 5.16. The van der Waals surface area contributed by atoms with Gasteiger partial charge in [-0.2, -0.15) is 0 Å². The van der Waals surface area contributed by atoms with Crippen LogP contribution in [-0.4, -0.2) is 26.0 Å². The predicted octanol–water partition coefficient (Wildman–Crippen LogP) is 2.68. The lowest BCUT2D eigenvalue weighted by molar-refractivity contribution is -0.149. The van der Waals surface area contributed by atoms with Crippen molar-refractivity contribution in [2.45, 2.75) is 30.9 Å². The Balaban J connectivity index is 2.92. The molecule has 0 radical (unpaired) electrons. The van der Waals surface area contributed by atoms with E-state index in [1.807, 2.05) is 0 Å². The molecule has 0 aromatic carbocycles. The highest BCUT2D eigenvalue weighted by atomic mass is 79.9. The van der Waals surface area contributed by atoms with Crippen LogP contribution in [0, 0.1) is 5.41 Å². The molecule has 1 rings (SSSR count). The van der Waals surface area contributed by atoms with Gasteiger partial charge in [-0.25, -0.2) is 13.1 Å². The van der Waals surface area contributed by atoms with E-state index in [9.17, 15) is 18.3 Å². The molecule has 0 saturated carbocycles. The van der Waals surface area contributed by atoms with Gasteiger partial charge < -0.3 is 5.11 Å². The number of sulfonamides is 1. The van der Waals surface area contributed by atoms with E-state index in [1.165, 1.54) is 0 Å². The number of hydrogen-bond donors (Lipinski definition) is 2. The number of carboxylic acids is 1. The molecular formula is C11H16BrNO4S2. The monoisotopic (exact) mass is 369 g/mol. The first kappa shape index (κ1) is 16.6. The van der Waals surface area contributed by atoms with Gasteiger partial charge in [0.2, 0.25) is 0 Å². The van der Waals surface area contributed by atoms with Crippen LogP contribution in [0.2, 0.25) is 0 Å². The van der Waals surface area contributed by atoms with Gasteiger partial charge in [0, 0.05) is 11.0 Å². The number of thiophene rings is 1. The van der Waals surface area contributed by atoms with Crippen molar-refractivity contribution in [3.05, 3.63) is 15.9 Å². The molecule has 1 aromatic rings. The van der Waals surface area contributed by atoms with E-state index in [4.69, 9.17) is 0 Å². The lowest BCUT2D eigenvalue weighted by Gasteiger charge is -2.26. The first-order chi connectivity index (χ1) is 8.79. The number of carboxylic acid groups (broad SMARTS) is 1. The fourth-order valence-electron chi connectivity index (χ4n) is 1.65. The Morgan fingerprint density at radius 1 is 1.47 bits per heavy atom. The predicted molar refractivity (Wildman–Crippen MR) is 77.9 cm³/mol. The summed E-state index contributed by atoms with van der Waals surface area (Å²) in [5.74, 6) is -0.981. The Labute approximate surface area is 125 Å². The summed E-state index contributed by atoms with van der Waals surface area (Å²) in [7, 11) is -3.68. The molecule has 0 fully saturated rings. The molecule has 108 valence electrons. The molecule has 5 nitrogen and oxygen atoms in total. The molecule has 0 unspecified atom stereocenters. The van der Waals surface area contributed by atoms with Gasteiger partial charge in [0.1, 0.15) is 4.21 Å². The minimum atomic E-state index is -3.68. The maximum absolute atomic E-state index is 12.1. The van der Waals surface area contributed by atoms with Crippen LogP contribution in [0.4, 0.5) is 0 Å². The molecular weight excluding hydrogens is 354 g/mol. The summed E-state index contributed by atoms with van der Waals surface area (Å²) in [4.78, 5) is 11.3. The highest BCUT2D eigenvalue weighted by Crippen LogP contribution is 2.30. The van der Waals surface area contributed by atoms with E-state index >= 15 is 0 Å². The van der Waals surface area contributed by atoms with Gasteiger partial charge in [0.05, 0.1) is 5.41 Å². The first-order valence-corrected chi connectivity index (χ1v) is 8.90. The van der Waals surface area contributed by atoms with Crippen molar-refractivity contribution >= 4 is 43.3 Å². The molecule has 0 atom stereocenters. The highest BCUT2D eigenvalue weighted by molar-refractivity contribution is 9.10. The zero-order valence-electron chi connectivity index (χ0n) is 10.6. The fraction of sp³-hybridized carbons (Fsp3) is 0.545. The molecule has 8 heteroatoms. The average Bonchev–Trinajstić information content (AvgIpc) is 2.78. The summed E-state index contributed by atoms with van der Waals surface area (Å²) in [6, 6.07) is 1.64. The maximum Gasteiger partial charge on any atom is 0.310 e. The summed E-state index contributed by atoms with van der Waals surface area (Å²) in [6.45, 7) is 3.38. The van der Waals surface area contributed by atoms with Crippen LogP contribution in [0.3, 0.4) is 0 Å². The second kappa shape index (κ2) is 6.34. The van der Waals surface area contributed by atoms with Crippen LogP contribution in [0.25, 0.3) is 0 Å². The number of aliphatic carboxylic acids is 1. The molecule has 0 bridgehead atoms. The summed E-state index contributed by atoms with van der Waals surface area (Å²) in [5, 5.41) is 10.9. The van der Waals surface area contributed by atoms with Gasteiger partial charge >= 0.3 is 5.97 Å². The molecule has 1 heterocycles. The molecule has 0 aliphatic rings. The highest BCUT2D eigenvalue weighted by Gasteiger charge is 2.36. The second-order valence-electron chi connectivity index (χ2n) is 4.17. The standard InChI is InChI=1S/C11H16BrNO4S2/c1-3-11(4-2,10(14)15)7-13-19(16,17)9-8(12)5-6-18-9/h5-6,13H,3-4,7H2,1-2H3,(H,14,15). The van der Waals surface area contributed by atoms with E-state index in [2.05, 4.69) is 20.7 Å². The third-order valence-electron chi connectivity index (χ3n) is 3.24. The van der Waals surface area contributed by atoms with Crippen molar-refractivity contribution < 1.29 is 18.3 Å². The lowest BCUT2D eigenvalue weighted by Crippen LogP contribution is -2.42. The SMILES string of the molecule is CCC(CC)(CNS(=O)(=O)c1sccc1Br)C(=O)O. The average molecular weight is 370 g/mol. The third kappa shape index (κ3) is 3.56. The van der Waals surface area contributed by atoms with Crippen molar-refractivity contribution in [3.8, 4) is 0 Å². The summed E-state index contributed by atoms with van der Waals surface area (Å²) < 4.78 is 27.2. The normalized spacial score (nSPS) is 12.6. The molecule has 19 heavy (non-hydrogen) atoms. The quantitative estimate of drug-likeness (QED) is 0.773. The van der Waals surface area contributed by atoms with Crippen LogP contribution in [0.1, 0.15) is 26.7 Å². The van der Waals surface area contributed by atoms with Gasteiger partial charge in [0.15, 0.2) is 0 Å². The number of halogens is 1. The van der Waals surface area contributed by atoms with Gasteiger partial charge in [-0.1, -0.05) is 13.8 Å². The zero-order valence-corrected chi connectivity index (χ0v) is 13.9. The van der Waals surface area contributed by atoms with Crippen molar-refractivity contribution in [3.63, 3.8) is 0 Å². The van der Waals surface area contributed by atoms with Crippen molar-refractivity contribution in [1.82, 2.24) is 4.72 Å². The smallest absolute Gasteiger partial charge is 0.310 e. The Bertz CT molecular complexity index is 549. The first-order valence-electron chi connectivity index (χ1n) is 5.75. The van der Waals surface area contributed by atoms with Crippen molar-refractivity contribution in [1.29, 1.82) is 0 Å². The van der Waals surface area contributed by atoms with Crippen LogP contribution in [0.15, 0.2) is 20.1 Å². The third-order valence-corrected chi connectivity index (χ3v) is 7.31. The van der Waals surface area contributed by atoms with Gasteiger partial charge in [-0.15, -0.1) is 11.3 Å². The van der Waals surface area contributed by atoms with Gasteiger partial charge in [-0.3, -0.25) is 4.79 Å². The Morgan fingerprint density at radius 2 is 2.05 bits per heavy atom. The van der Waals surface area contributed by atoms with E-state index in [-0.39, 0.29) is 10.8 Å². The number of nitrogens with one attached hydrogen (secondary N) is 1. The van der Waals surface area contributed by atoms with Crippen molar-refractivity contribution in [2.24, 2.45) is 5.41 Å². The number of carbonyl (C=O) groups is 1. The topological polar surface area (TPSA) is 83.5 Å². The second-order valence-corrected chi connectivity index (χ2v) is 7.91. The minimum Gasteiger partial charge on any atom is -0.481 e. The molecule has 0 amide bonds. The van der Waals surface area contributed by atoms with Crippen LogP contribution in [0.5, 0.6) is 0 Å². The van der Waals surface area contributed by atoms with Crippen LogP contribution in [-0.2, 0) is 14.8 Å². The molecule has 0 aliphatic heterocycles. The Hall–Kier alpha value is -0.440. The largest absolute Gasteiger partial charge is 0.481 e. The maximum atomic E-state index is 12.1.